The molecule has 104 valence electrons. The van der Waals surface area contributed by atoms with Gasteiger partial charge in [-0.3, -0.25) is 0 Å². The lowest BCUT2D eigenvalue weighted by Gasteiger charge is -2.22. The molecule has 1 aromatic rings. The minimum atomic E-state index is -0.230. The number of rotatable bonds is 2. The van der Waals surface area contributed by atoms with E-state index < -0.39 is 0 Å². The fourth-order valence-corrected chi connectivity index (χ4v) is 2.58. The van der Waals surface area contributed by atoms with Crippen molar-refractivity contribution in [3.05, 3.63) is 34.6 Å². The number of halogens is 2. The average Bonchev–Trinajstić information content (AvgIpc) is 3.04. The van der Waals surface area contributed by atoms with Crippen molar-refractivity contribution in [3.8, 4) is 0 Å². The summed E-state index contributed by atoms with van der Waals surface area (Å²) in [5, 5.41) is 0.499. The number of aliphatic imine (C=N–C) groups is 1. The van der Waals surface area contributed by atoms with E-state index in [0.29, 0.717) is 10.6 Å². The minimum Gasteiger partial charge on any atom is -0.349 e. The van der Waals surface area contributed by atoms with Gasteiger partial charge in [0, 0.05) is 44.7 Å². The number of nitrogens with zero attached hydrogens (tertiary/aromatic N) is 3. The highest BCUT2D eigenvalue weighted by molar-refractivity contribution is 6.31. The van der Waals surface area contributed by atoms with Crippen molar-refractivity contribution in [2.45, 2.75) is 18.4 Å². The molecule has 1 fully saturated rings. The van der Waals surface area contributed by atoms with E-state index in [1.54, 1.807) is 12.1 Å². The van der Waals surface area contributed by atoms with Gasteiger partial charge in [-0.15, -0.1) is 0 Å². The van der Waals surface area contributed by atoms with Gasteiger partial charge in [-0.05, 0) is 18.6 Å². The monoisotopic (exact) mass is 283 g/mol. The van der Waals surface area contributed by atoms with Crippen LogP contribution < -0.4 is 0 Å². The van der Waals surface area contributed by atoms with Crippen LogP contribution in [0.4, 0.5) is 4.39 Å². The molecule has 0 heterocycles. The number of hydrogen-bond acceptors (Lipinski definition) is 1. The maximum absolute atomic E-state index is 13.8. The molecule has 0 aliphatic heterocycles. The molecule has 0 amide bonds. The second kappa shape index (κ2) is 5.37. The highest BCUT2D eigenvalue weighted by Gasteiger charge is 2.41. The molecule has 1 aliphatic rings. The molecule has 1 aliphatic carbocycles. The molecule has 2 rings (SSSR count). The van der Waals surface area contributed by atoms with Crippen LogP contribution in [0.1, 0.15) is 17.9 Å². The van der Waals surface area contributed by atoms with E-state index >= 15 is 0 Å². The maximum atomic E-state index is 13.8. The van der Waals surface area contributed by atoms with Gasteiger partial charge in [0.1, 0.15) is 5.82 Å². The molecule has 0 saturated heterocycles. The van der Waals surface area contributed by atoms with Gasteiger partial charge in [0.25, 0.3) is 0 Å². The Morgan fingerprint density at radius 3 is 2.42 bits per heavy atom. The lowest BCUT2D eigenvalue weighted by atomic mass is 10.1. The molecule has 2 atom stereocenters. The third kappa shape index (κ3) is 3.00. The van der Waals surface area contributed by atoms with Crippen molar-refractivity contribution in [1.29, 1.82) is 0 Å². The van der Waals surface area contributed by atoms with Gasteiger partial charge in [-0.2, -0.15) is 0 Å². The summed E-state index contributed by atoms with van der Waals surface area (Å²) in [5.41, 5.74) is 0.606. The number of benzene rings is 1. The molecule has 1 saturated carbocycles. The van der Waals surface area contributed by atoms with Crippen LogP contribution in [0, 0.1) is 5.82 Å². The van der Waals surface area contributed by atoms with Crippen molar-refractivity contribution >= 4 is 17.6 Å². The first-order valence-electron chi connectivity index (χ1n) is 6.28. The standard InChI is InChI=1S/C14H19ClFN3/c1-18(2)14(19(3)4)17-12-8-9(12)13-10(15)6-5-7-11(13)16/h5-7,9,12H,8H2,1-4H3/t9-,12-/m1/s1. The molecule has 0 bridgehead atoms. The molecule has 0 spiro atoms. The number of hydrogen-bond donors (Lipinski definition) is 0. The van der Waals surface area contributed by atoms with Crippen LogP contribution in [0.25, 0.3) is 0 Å². The van der Waals surface area contributed by atoms with Crippen molar-refractivity contribution in [3.63, 3.8) is 0 Å². The first-order valence-corrected chi connectivity index (χ1v) is 6.66. The zero-order valence-electron chi connectivity index (χ0n) is 11.7. The van der Waals surface area contributed by atoms with Gasteiger partial charge in [0.15, 0.2) is 5.96 Å². The molecular weight excluding hydrogens is 265 g/mol. The maximum Gasteiger partial charge on any atom is 0.195 e. The smallest absolute Gasteiger partial charge is 0.195 e. The Bertz CT molecular complexity index is 469. The Labute approximate surface area is 118 Å². The summed E-state index contributed by atoms with van der Waals surface area (Å²) in [6.07, 6.45) is 0.853. The lowest BCUT2D eigenvalue weighted by Crippen LogP contribution is -2.35. The molecule has 0 radical (unpaired) electrons. The summed E-state index contributed by atoms with van der Waals surface area (Å²) < 4.78 is 13.8. The average molecular weight is 284 g/mol. The predicted octanol–water partition coefficient (Wildman–Crippen LogP) is 2.81. The number of guanidine groups is 1. The highest BCUT2D eigenvalue weighted by atomic mass is 35.5. The van der Waals surface area contributed by atoms with Crippen molar-refractivity contribution in [2.75, 3.05) is 28.2 Å². The van der Waals surface area contributed by atoms with Gasteiger partial charge in [0.05, 0.1) is 6.04 Å². The normalized spacial score (nSPS) is 20.9. The van der Waals surface area contributed by atoms with Crippen LogP contribution in [0.2, 0.25) is 5.02 Å². The summed E-state index contributed by atoms with van der Waals surface area (Å²) >= 11 is 6.08. The van der Waals surface area contributed by atoms with E-state index in [1.807, 2.05) is 38.0 Å². The van der Waals surface area contributed by atoms with E-state index in [9.17, 15) is 4.39 Å². The molecule has 0 aromatic heterocycles. The van der Waals surface area contributed by atoms with E-state index in [0.717, 1.165) is 12.4 Å². The quantitative estimate of drug-likeness (QED) is 0.614. The van der Waals surface area contributed by atoms with E-state index in [4.69, 9.17) is 11.6 Å². The van der Waals surface area contributed by atoms with Crippen LogP contribution in [0.5, 0.6) is 0 Å². The summed E-state index contributed by atoms with van der Waals surface area (Å²) in [6, 6.07) is 4.94. The van der Waals surface area contributed by atoms with Crippen molar-refractivity contribution in [2.24, 2.45) is 4.99 Å². The van der Waals surface area contributed by atoms with Crippen LogP contribution >= 0.6 is 11.6 Å². The first-order chi connectivity index (χ1) is 8.91. The molecule has 3 nitrogen and oxygen atoms in total. The van der Waals surface area contributed by atoms with Crippen LogP contribution in [-0.2, 0) is 0 Å². The zero-order chi connectivity index (χ0) is 14.2. The Kier molecular flexibility index (Phi) is 3.99. The van der Waals surface area contributed by atoms with Crippen LogP contribution in [0.3, 0.4) is 0 Å². The molecule has 5 heteroatoms. The summed E-state index contributed by atoms with van der Waals surface area (Å²) in [7, 11) is 7.80. The molecule has 0 unspecified atom stereocenters. The van der Waals surface area contributed by atoms with Crippen molar-refractivity contribution in [1.82, 2.24) is 9.80 Å². The molecule has 0 N–H and O–H groups in total. The predicted molar refractivity (Wildman–Crippen MR) is 77.4 cm³/mol. The Morgan fingerprint density at radius 1 is 1.26 bits per heavy atom. The fourth-order valence-electron chi connectivity index (χ4n) is 2.28. The minimum absolute atomic E-state index is 0.101. The Morgan fingerprint density at radius 2 is 1.89 bits per heavy atom. The van der Waals surface area contributed by atoms with Crippen LogP contribution in [0.15, 0.2) is 23.2 Å². The summed E-state index contributed by atoms with van der Waals surface area (Å²) in [4.78, 5) is 8.58. The third-order valence-electron chi connectivity index (χ3n) is 3.21. The van der Waals surface area contributed by atoms with E-state index in [1.165, 1.54) is 6.07 Å². The molecular formula is C14H19ClFN3. The highest BCUT2D eigenvalue weighted by Crippen LogP contribution is 2.47. The molecule has 1 aromatic carbocycles. The Balaban J connectivity index is 2.19. The third-order valence-corrected chi connectivity index (χ3v) is 3.54. The second-order valence-corrected chi connectivity index (χ2v) is 5.67. The second-order valence-electron chi connectivity index (χ2n) is 5.26. The largest absolute Gasteiger partial charge is 0.349 e. The van der Waals surface area contributed by atoms with Gasteiger partial charge < -0.3 is 9.80 Å². The summed E-state index contributed by atoms with van der Waals surface area (Å²) in [5.74, 6) is 0.759. The fraction of sp³-hybridized carbons (Fsp3) is 0.500. The van der Waals surface area contributed by atoms with Gasteiger partial charge in [-0.25, -0.2) is 9.38 Å². The van der Waals surface area contributed by atoms with Crippen LogP contribution in [-0.4, -0.2) is 50.0 Å². The van der Waals surface area contributed by atoms with Gasteiger partial charge >= 0.3 is 0 Å². The van der Waals surface area contributed by atoms with Crippen molar-refractivity contribution < 1.29 is 4.39 Å². The lowest BCUT2D eigenvalue weighted by molar-refractivity contribution is 0.478. The van der Waals surface area contributed by atoms with Gasteiger partial charge in [-0.1, -0.05) is 17.7 Å². The molecule has 19 heavy (non-hydrogen) atoms. The Hall–Kier alpha value is -1.29. The van der Waals surface area contributed by atoms with E-state index in [-0.39, 0.29) is 17.8 Å². The summed E-state index contributed by atoms with van der Waals surface area (Å²) in [6.45, 7) is 0. The van der Waals surface area contributed by atoms with E-state index in [2.05, 4.69) is 4.99 Å². The SMILES string of the molecule is CN(C)C(=N[C@@H]1C[C@H]1c1c(F)cccc1Cl)N(C)C. The zero-order valence-corrected chi connectivity index (χ0v) is 12.4. The first kappa shape index (κ1) is 14.1. The van der Waals surface area contributed by atoms with Gasteiger partial charge in [0.2, 0.25) is 0 Å². The topological polar surface area (TPSA) is 18.8 Å².